The number of rotatable bonds is 8. The zero-order valence-corrected chi connectivity index (χ0v) is 18.2. The number of halogens is 2. The van der Waals surface area contributed by atoms with Crippen molar-refractivity contribution in [2.75, 3.05) is 11.5 Å². The van der Waals surface area contributed by atoms with Crippen molar-refractivity contribution in [1.29, 1.82) is 0 Å². The molecule has 2 amide bonds. The van der Waals surface area contributed by atoms with Gasteiger partial charge in [0.2, 0.25) is 17.8 Å². The van der Waals surface area contributed by atoms with E-state index in [0.29, 0.717) is 4.88 Å². The molecule has 2 N–H and O–H groups in total. The molecule has 3 rings (SSSR count). The van der Waals surface area contributed by atoms with Crippen LogP contribution in [0.2, 0.25) is 0 Å². The lowest BCUT2D eigenvalue weighted by molar-refractivity contribution is -0.121. The molecule has 172 valence electrons. The molecule has 0 aliphatic heterocycles. The Labute approximate surface area is 186 Å². The van der Waals surface area contributed by atoms with Crippen LogP contribution in [0.1, 0.15) is 48.0 Å². The highest BCUT2D eigenvalue weighted by Crippen LogP contribution is 2.34. The summed E-state index contributed by atoms with van der Waals surface area (Å²) in [4.78, 5) is 45.2. The summed E-state index contributed by atoms with van der Waals surface area (Å²) >= 11 is 1.03. The fraction of sp³-hybridized carbons (Fsp3) is 0.450. The van der Waals surface area contributed by atoms with E-state index in [2.05, 4.69) is 20.0 Å². The van der Waals surface area contributed by atoms with Gasteiger partial charge in [-0.2, -0.15) is 13.8 Å². The first-order valence-electron chi connectivity index (χ1n) is 9.96. The first-order valence-corrected chi connectivity index (χ1v) is 10.8. The maximum absolute atomic E-state index is 13.8. The predicted octanol–water partition coefficient (Wildman–Crippen LogP) is 3.79. The second kappa shape index (κ2) is 9.98. The number of carboxylic acid groups (broad SMARTS) is 1. The highest BCUT2D eigenvalue weighted by molar-refractivity contribution is 7.16. The van der Waals surface area contributed by atoms with Gasteiger partial charge in [0, 0.05) is 29.0 Å². The normalized spacial score (nSPS) is 14.4. The molecule has 1 aliphatic carbocycles. The van der Waals surface area contributed by atoms with Gasteiger partial charge in [-0.25, -0.2) is 9.78 Å². The van der Waals surface area contributed by atoms with E-state index in [4.69, 9.17) is 5.11 Å². The topological polar surface area (TPSA) is 122 Å². The van der Waals surface area contributed by atoms with Crippen LogP contribution < -0.4 is 10.2 Å². The van der Waals surface area contributed by atoms with E-state index in [9.17, 15) is 23.2 Å². The Bertz CT molecular complexity index is 1010. The minimum atomic E-state index is -1.47. The van der Waals surface area contributed by atoms with Crippen LogP contribution in [0, 0.1) is 24.7 Å². The Morgan fingerprint density at radius 3 is 2.50 bits per heavy atom. The number of anilines is 2. The molecule has 12 heteroatoms. The Hall–Kier alpha value is -3.15. The zero-order valence-electron chi connectivity index (χ0n) is 17.4. The maximum atomic E-state index is 13.8. The van der Waals surface area contributed by atoms with Crippen LogP contribution in [-0.4, -0.2) is 45.7 Å². The molecular formula is C20H22F2N4O5S. The van der Waals surface area contributed by atoms with Gasteiger partial charge in [-0.3, -0.25) is 14.5 Å². The molecule has 1 saturated carbocycles. The molecule has 0 aromatic carbocycles. The third-order valence-electron chi connectivity index (χ3n) is 5.06. The first kappa shape index (κ1) is 23.5. The van der Waals surface area contributed by atoms with Gasteiger partial charge in [0.25, 0.3) is 5.91 Å². The van der Waals surface area contributed by atoms with Gasteiger partial charge in [-0.05, 0) is 32.6 Å². The van der Waals surface area contributed by atoms with Crippen LogP contribution in [0.3, 0.4) is 0 Å². The molecule has 9 nitrogen and oxygen atoms in total. The number of aryl methyl sites for hydroxylation is 1. The number of thiazole rings is 1. The van der Waals surface area contributed by atoms with Gasteiger partial charge in [0.15, 0.2) is 5.13 Å². The summed E-state index contributed by atoms with van der Waals surface area (Å²) in [6.45, 7) is 2.96. The van der Waals surface area contributed by atoms with Gasteiger partial charge in [0.05, 0.1) is 12.3 Å². The smallest absolute Gasteiger partial charge is 0.450 e. The Balaban J connectivity index is 1.92. The lowest BCUT2D eigenvalue weighted by Gasteiger charge is -2.26. The second-order valence-corrected chi connectivity index (χ2v) is 8.63. The van der Waals surface area contributed by atoms with Crippen molar-refractivity contribution < 1.29 is 33.0 Å². The average molecular weight is 468 g/mol. The molecule has 2 heterocycles. The largest absolute Gasteiger partial charge is 0.505 e. The lowest BCUT2D eigenvalue weighted by atomic mass is 9.93. The molecule has 0 spiro atoms. The Morgan fingerprint density at radius 2 is 1.94 bits per heavy atom. The number of ether oxygens (including phenoxy) is 1. The van der Waals surface area contributed by atoms with E-state index in [1.54, 1.807) is 6.92 Å². The van der Waals surface area contributed by atoms with Crippen molar-refractivity contribution >= 4 is 40.1 Å². The fourth-order valence-electron chi connectivity index (χ4n) is 3.08. The van der Waals surface area contributed by atoms with E-state index >= 15 is 0 Å². The minimum Gasteiger partial charge on any atom is -0.450 e. The van der Waals surface area contributed by atoms with Gasteiger partial charge in [-0.1, -0.05) is 6.92 Å². The zero-order chi connectivity index (χ0) is 23.4. The summed E-state index contributed by atoms with van der Waals surface area (Å²) in [7, 11) is 0. The molecule has 0 radical (unpaired) electrons. The SMILES string of the molecule is Cc1sc(N(C(=O)C(C)CCOC(=O)O)c2cc(F)nc(F)c2)nc1C(=O)NC1CCC1. The Kier molecular flexibility index (Phi) is 7.33. The van der Waals surface area contributed by atoms with Crippen molar-refractivity contribution in [3.63, 3.8) is 0 Å². The lowest BCUT2D eigenvalue weighted by Crippen LogP contribution is -2.39. The molecule has 2 aromatic rings. The number of hydrogen-bond acceptors (Lipinski definition) is 7. The monoisotopic (exact) mass is 468 g/mol. The first-order chi connectivity index (χ1) is 15.2. The van der Waals surface area contributed by atoms with Crippen molar-refractivity contribution in [1.82, 2.24) is 15.3 Å². The van der Waals surface area contributed by atoms with E-state index in [1.807, 2.05) is 0 Å². The van der Waals surface area contributed by atoms with Crippen molar-refractivity contribution in [3.8, 4) is 0 Å². The summed E-state index contributed by atoms with van der Waals surface area (Å²) in [5, 5.41) is 11.5. The predicted molar refractivity (Wildman–Crippen MR) is 111 cm³/mol. The summed E-state index contributed by atoms with van der Waals surface area (Å²) < 4.78 is 32.1. The summed E-state index contributed by atoms with van der Waals surface area (Å²) in [6.07, 6.45) is 1.38. The molecular weight excluding hydrogens is 446 g/mol. The van der Waals surface area contributed by atoms with E-state index in [1.165, 1.54) is 6.92 Å². The van der Waals surface area contributed by atoms with Crippen LogP contribution in [0.5, 0.6) is 0 Å². The third kappa shape index (κ3) is 5.55. The Morgan fingerprint density at radius 1 is 1.28 bits per heavy atom. The molecule has 0 saturated heterocycles. The molecule has 32 heavy (non-hydrogen) atoms. The van der Waals surface area contributed by atoms with E-state index in [0.717, 1.165) is 47.6 Å². The summed E-state index contributed by atoms with van der Waals surface area (Å²) in [5.41, 5.74) is -0.0164. The van der Waals surface area contributed by atoms with Crippen LogP contribution in [0.25, 0.3) is 0 Å². The van der Waals surface area contributed by atoms with Crippen molar-refractivity contribution in [2.45, 2.75) is 45.6 Å². The molecule has 1 atom stereocenters. The van der Waals surface area contributed by atoms with Gasteiger partial charge in [-0.15, -0.1) is 11.3 Å². The molecule has 1 unspecified atom stereocenters. The van der Waals surface area contributed by atoms with Gasteiger partial charge >= 0.3 is 6.16 Å². The number of carbonyl (C=O) groups excluding carboxylic acids is 2. The van der Waals surface area contributed by atoms with Crippen LogP contribution in [-0.2, 0) is 9.53 Å². The molecule has 2 aromatic heterocycles. The number of carbonyl (C=O) groups is 3. The average Bonchev–Trinajstić information content (AvgIpc) is 3.04. The number of nitrogens with zero attached hydrogens (tertiary/aromatic N) is 3. The molecule has 1 fully saturated rings. The van der Waals surface area contributed by atoms with Crippen molar-refractivity contribution in [3.05, 3.63) is 34.6 Å². The van der Waals surface area contributed by atoms with E-state index in [-0.39, 0.29) is 41.5 Å². The molecule has 0 bridgehead atoms. The number of amides is 2. The number of hydrogen-bond donors (Lipinski definition) is 2. The minimum absolute atomic E-state index is 0.0388. The highest BCUT2D eigenvalue weighted by Gasteiger charge is 2.30. The van der Waals surface area contributed by atoms with Gasteiger partial charge in [0.1, 0.15) is 5.69 Å². The van der Waals surface area contributed by atoms with Gasteiger partial charge < -0.3 is 15.2 Å². The maximum Gasteiger partial charge on any atom is 0.505 e. The molecule has 1 aliphatic rings. The standard InChI is InChI=1S/C20H22F2N4O5S/c1-10(6-7-31-20(29)30)18(28)26(13-8-14(21)24-15(22)9-13)19-25-16(11(2)32-19)17(27)23-12-4-3-5-12/h8-10,12H,3-7H2,1-2H3,(H,23,27)(H,29,30). The summed E-state index contributed by atoms with van der Waals surface area (Å²) in [5.74, 6) is -4.00. The number of nitrogens with one attached hydrogen (secondary N) is 1. The van der Waals surface area contributed by atoms with Crippen LogP contribution in [0.15, 0.2) is 12.1 Å². The number of pyridine rings is 1. The second-order valence-electron chi connectivity index (χ2n) is 7.45. The fourth-order valence-corrected chi connectivity index (χ4v) is 4.01. The third-order valence-corrected chi connectivity index (χ3v) is 6.01. The quantitative estimate of drug-likeness (QED) is 0.446. The number of aromatic nitrogens is 2. The van der Waals surface area contributed by atoms with Crippen LogP contribution in [0.4, 0.5) is 24.4 Å². The highest BCUT2D eigenvalue weighted by atomic mass is 32.1. The van der Waals surface area contributed by atoms with Crippen LogP contribution >= 0.6 is 11.3 Å². The van der Waals surface area contributed by atoms with E-state index < -0.39 is 29.9 Å². The summed E-state index contributed by atoms with van der Waals surface area (Å²) in [6, 6.07) is 1.85. The van der Waals surface area contributed by atoms with Crippen molar-refractivity contribution in [2.24, 2.45) is 5.92 Å².